The monoisotopic (exact) mass is 350 g/mol. The van der Waals surface area contributed by atoms with Gasteiger partial charge in [0.25, 0.3) is 5.91 Å². The zero-order valence-corrected chi connectivity index (χ0v) is 14.8. The number of nitrogens with zero attached hydrogens (tertiary/aromatic N) is 2. The van der Waals surface area contributed by atoms with E-state index >= 15 is 0 Å². The third-order valence-electron chi connectivity index (χ3n) is 5.12. The lowest BCUT2D eigenvalue weighted by Crippen LogP contribution is -2.49. The van der Waals surface area contributed by atoms with Crippen LogP contribution in [0.2, 0.25) is 0 Å². The van der Waals surface area contributed by atoms with E-state index < -0.39 is 6.10 Å². The molecule has 2 aromatic carbocycles. The van der Waals surface area contributed by atoms with Crippen LogP contribution in [0.1, 0.15) is 31.4 Å². The number of likely N-dealkylation sites (tertiary alicyclic amines) is 1. The van der Waals surface area contributed by atoms with Crippen molar-refractivity contribution in [2.75, 3.05) is 18.0 Å². The first-order chi connectivity index (χ1) is 12.6. The molecular weight excluding hydrogens is 328 g/mol. The first-order valence-corrected chi connectivity index (χ1v) is 9.06. The van der Waals surface area contributed by atoms with Gasteiger partial charge in [-0.15, -0.1) is 0 Å². The highest BCUT2D eigenvalue weighted by Gasteiger charge is 2.36. The Kier molecular flexibility index (Phi) is 4.37. The number of rotatable bonds is 3. The topological polar surface area (TPSA) is 49.9 Å². The van der Waals surface area contributed by atoms with E-state index in [0.717, 1.165) is 24.9 Å². The Morgan fingerprint density at radius 1 is 1.12 bits per heavy atom. The van der Waals surface area contributed by atoms with Crippen molar-refractivity contribution in [2.24, 2.45) is 0 Å². The summed E-state index contributed by atoms with van der Waals surface area (Å²) in [5.74, 6) is 0.453. The fraction of sp³-hybridized carbons (Fsp3) is 0.333. The van der Waals surface area contributed by atoms with Gasteiger partial charge in [-0.1, -0.05) is 42.5 Å². The van der Waals surface area contributed by atoms with Gasteiger partial charge in [-0.05, 0) is 37.5 Å². The number of carbonyl (C=O) groups excluding carboxylic acids is 2. The molecule has 0 bridgehead atoms. The van der Waals surface area contributed by atoms with Gasteiger partial charge in [0.1, 0.15) is 12.3 Å². The Bertz CT molecular complexity index is 821. The van der Waals surface area contributed by atoms with Crippen molar-refractivity contribution in [1.29, 1.82) is 0 Å². The minimum Gasteiger partial charge on any atom is -0.479 e. The number of hydrogen-bond donors (Lipinski definition) is 0. The molecule has 134 valence electrons. The van der Waals surface area contributed by atoms with E-state index in [1.54, 1.807) is 11.8 Å². The van der Waals surface area contributed by atoms with E-state index in [1.165, 1.54) is 0 Å². The van der Waals surface area contributed by atoms with E-state index in [1.807, 2.05) is 47.4 Å². The SMILES string of the molecule is CC1Oc2ccccc2N(CC(=O)N2CCCC2c2ccccc2)C1=O. The number of ether oxygens (including phenoxy) is 1. The van der Waals surface area contributed by atoms with Crippen LogP contribution in [0.4, 0.5) is 5.69 Å². The van der Waals surface area contributed by atoms with Crippen molar-refractivity contribution in [1.82, 2.24) is 4.90 Å². The van der Waals surface area contributed by atoms with Crippen molar-refractivity contribution in [3.63, 3.8) is 0 Å². The summed E-state index contributed by atoms with van der Waals surface area (Å²) in [5.41, 5.74) is 1.82. The summed E-state index contributed by atoms with van der Waals surface area (Å²) in [7, 11) is 0. The Morgan fingerprint density at radius 2 is 1.85 bits per heavy atom. The lowest BCUT2D eigenvalue weighted by molar-refractivity contribution is -0.133. The minimum absolute atomic E-state index is 0.0198. The van der Waals surface area contributed by atoms with E-state index in [0.29, 0.717) is 11.4 Å². The fourth-order valence-electron chi connectivity index (χ4n) is 3.83. The molecule has 2 aromatic rings. The maximum absolute atomic E-state index is 13.1. The van der Waals surface area contributed by atoms with Gasteiger partial charge in [-0.2, -0.15) is 0 Å². The zero-order valence-electron chi connectivity index (χ0n) is 14.8. The second-order valence-corrected chi connectivity index (χ2v) is 6.81. The number of carbonyl (C=O) groups is 2. The van der Waals surface area contributed by atoms with E-state index in [2.05, 4.69) is 12.1 Å². The average molecular weight is 350 g/mol. The molecule has 2 aliphatic rings. The maximum Gasteiger partial charge on any atom is 0.268 e. The molecule has 0 aliphatic carbocycles. The number of benzene rings is 2. The lowest BCUT2D eigenvalue weighted by Gasteiger charge is -2.34. The largest absolute Gasteiger partial charge is 0.479 e. The van der Waals surface area contributed by atoms with Crippen LogP contribution in [0.25, 0.3) is 0 Å². The zero-order chi connectivity index (χ0) is 18.1. The van der Waals surface area contributed by atoms with Gasteiger partial charge in [-0.3, -0.25) is 14.5 Å². The molecule has 1 saturated heterocycles. The summed E-state index contributed by atoms with van der Waals surface area (Å²) >= 11 is 0. The van der Waals surface area contributed by atoms with Crippen LogP contribution in [0, 0.1) is 0 Å². The fourth-order valence-corrected chi connectivity index (χ4v) is 3.83. The first-order valence-electron chi connectivity index (χ1n) is 9.06. The van der Waals surface area contributed by atoms with Crippen LogP contribution in [-0.4, -0.2) is 35.9 Å². The third-order valence-corrected chi connectivity index (χ3v) is 5.12. The molecule has 26 heavy (non-hydrogen) atoms. The van der Waals surface area contributed by atoms with E-state index in [-0.39, 0.29) is 24.4 Å². The van der Waals surface area contributed by atoms with Gasteiger partial charge in [0.15, 0.2) is 6.10 Å². The molecule has 2 heterocycles. The van der Waals surface area contributed by atoms with Crippen LogP contribution in [0.15, 0.2) is 54.6 Å². The molecule has 2 amide bonds. The second-order valence-electron chi connectivity index (χ2n) is 6.81. The van der Waals surface area contributed by atoms with Crippen molar-refractivity contribution in [3.8, 4) is 5.75 Å². The maximum atomic E-state index is 13.1. The molecular formula is C21H22N2O3. The smallest absolute Gasteiger partial charge is 0.268 e. The Labute approximate surface area is 153 Å². The quantitative estimate of drug-likeness (QED) is 0.854. The Morgan fingerprint density at radius 3 is 2.65 bits per heavy atom. The molecule has 0 radical (unpaired) electrons. The predicted octanol–water partition coefficient (Wildman–Crippen LogP) is 3.16. The lowest BCUT2D eigenvalue weighted by atomic mass is 10.0. The molecule has 0 spiro atoms. The molecule has 2 atom stereocenters. The number of anilines is 1. The van der Waals surface area contributed by atoms with Crippen molar-refractivity contribution >= 4 is 17.5 Å². The van der Waals surface area contributed by atoms with Crippen molar-refractivity contribution < 1.29 is 14.3 Å². The van der Waals surface area contributed by atoms with Crippen LogP contribution < -0.4 is 9.64 Å². The Hall–Kier alpha value is -2.82. The number of para-hydroxylation sites is 2. The summed E-state index contributed by atoms with van der Waals surface area (Å²) in [6.07, 6.45) is 1.36. The number of fused-ring (bicyclic) bond motifs is 1. The van der Waals surface area contributed by atoms with Gasteiger partial charge in [0, 0.05) is 6.54 Å². The van der Waals surface area contributed by atoms with Crippen LogP contribution in [0.3, 0.4) is 0 Å². The molecule has 2 unspecified atom stereocenters. The average Bonchev–Trinajstić information content (AvgIpc) is 3.16. The molecule has 1 fully saturated rings. The van der Waals surface area contributed by atoms with Crippen LogP contribution in [-0.2, 0) is 9.59 Å². The van der Waals surface area contributed by atoms with Gasteiger partial charge < -0.3 is 9.64 Å². The highest BCUT2D eigenvalue weighted by atomic mass is 16.5. The van der Waals surface area contributed by atoms with Gasteiger partial charge in [0.2, 0.25) is 5.91 Å². The van der Waals surface area contributed by atoms with Gasteiger partial charge >= 0.3 is 0 Å². The summed E-state index contributed by atoms with van der Waals surface area (Å²) in [4.78, 5) is 29.1. The molecule has 4 rings (SSSR count). The predicted molar refractivity (Wildman–Crippen MR) is 99.0 cm³/mol. The van der Waals surface area contributed by atoms with Crippen molar-refractivity contribution in [3.05, 3.63) is 60.2 Å². The summed E-state index contributed by atoms with van der Waals surface area (Å²) in [6.45, 7) is 2.50. The molecule has 2 aliphatic heterocycles. The van der Waals surface area contributed by atoms with E-state index in [9.17, 15) is 9.59 Å². The molecule has 0 N–H and O–H groups in total. The summed E-state index contributed by atoms with van der Waals surface area (Å²) in [6, 6.07) is 17.6. The van der Waals surface area contributed by atoms with Crippen LogP contribution in [0.5, 0.6) is 5.75 Å². The normalized spacial score (nSPS) is 22.1. The molecule has 5 nitrogen and oxygen atoms in total. The molecule has 0 aromatic heterocycles. The van der Waals surface area contributed by atoms with Gasteiger partial charge in [0.05, 0.1) is 11.7 Å². The Balaban J connectivity index is 1.57. The highest BCUT2D eigenvalue weighted by Crippen LogP contribution is 2.35. The highest BCUT2D eigenvalue weighted by molar-refractivity contribution is 6.03. The summed E-state index contributed by atoms with van der Waals surface area (Å²) in [5, 5.41) is 0. The number of amides is 2. The standard InChI is InChI=1S/C21H22N2O3/c1-15-21(25)23(18-10-5-6-12-19(18)26-15)14-20(24)22-13-7-11-17(22)16-8-3-2-4-9-16/h2-6,8-10,12,15,17H,7,11,13-14H2,1H3. The minimum atomic E-state index is -0.582. The van der Waals surface area contributed by atoms with Gasteiger partial charge in [-0.25, -0.2) is 0 Å². The summed E-state index contributed by atoms with van der Waals surface area (Å²) < 4.78 is 5.66. The number of hydrogen-bond acceptors (Lipinski definition) is 3. The van der Waals surface area contributed by atoms with Crippen molar-refractivity contribution in [2.45, 2.75) is 31.9 Å². The molecule has 5 heteroatoms. The third kappa shape index (κ3) is 2.94. The van der Waals surface area contributed by atoms with Crippen LogP contribution >= 0.6 is 0 Å². The first kappa shape index (κ1) is 16.6. The molecule has 0 saturated carbocycles. The second kappa shape index (κ2) is 6.83. The van der Waals surface area contributed by atoms with E-state index in [4.69, 9.17) is 4.74 Å².